The molecule has 0 bridgehead atoms. The highest BCUT2D eigenvalue weighted by Gasteiger charge is 2.49. The van der Waals surface area contributed by atoms with Gasteiger partial charge in [0.25, 0.3) is 0 Å². The lowest BCUT2D eigenvalue weighted by molar-refractivity contribution is -0.192. The Hall–Kier alpha value is -0.820. The Morgan fingerprint density at radius 1 is 1.47 bits per heavy atom. The van der Waals surface area contributed by atoms with E-state index < -0.39 is 12.1 Å². The Labute approximate surface area is 97.1 Å². The van der Waals surface area contributed by atoms with Gasteiger partial charge in [0.1, 0.15) is 0 Å². The van der Waals surface area contributed by atoms with Crippen molar-refractivity contribution in [3.05, 3.63) is 0 Å². The number of ether oxygens (including phenoxy) is 1. The summed E-state index contributed by atoms with van der Waals surface area (Å²) in [6, 6.07) is 0. The molecule has 0 aromatic heterocycles. The van der Waals surface area contributed by atoms with Crippen LogP contribution in [0.5, 0.6) is 0 Å². The molecule has 0 aromatic carbocycles. The number of alkyl halides is 3. The van der Waals surface area contributed by atoms with E-state index in [1.165, 1.54) is 25.7 Å². The summed E-state index contributed by atoms with van der Waals surface area (Å²) in [6.45, 7) is 0.980. The molecule has 1 saturated carbocycles. The van der Waals surface area contributed by atoms with Crippen LogP contribution in [0.4, 0.5) is 13.2 Å². The van der Waals surface area contributed by atoms with Crippen molar-refractivity contribution in [1.82, 2.24) is 5.32 Å². The third-order valence-corrected chi connectivity index (χ3v) is 3.08. The van der Waals surface area contributed by atoms with Crippen molar-refractivity contribution >= 4 is 5.97 Å². The molecule has 0 spiro atoms. The standard InChI is InChI=1S/C8H15NO.C2HF3O2/c1-9-8(4-5-8)7-3-2-6-10-7;3-2(4,5)1(6)7/h7,9H,2-6H2,1H3;(H,6,7). The fourth-order valence-electron chi connectivity index (χ4n) is 1.88. The smallest absolute Gasteiger partial charge is 0.475 e. The van der Waals surface area contributed by atoms with Crippen molar-refractivity contribution < 1.29 is 27.8 Å². The lowest BCUT2D eigenvalue weighted by atomic mass is 10.1. The first kappa shape index (κ1) is 14.2. The normalized spacial score (nSPS) is 26.0. The van der Waals surface area contributed by atoms with E-state index >= 15 is 0 Å². The van der Waals surface area contributed by atoms with Crippen LogP contribution >= 0.6 is 0 Å². The SMILES string of the molecule is CNC1(C2CCCO2)CC1.O=C(O)C(F)(F)F. The van der Waals surface area contributed by atoms with Crippen molar-refractivity contribution in [2.75, 3.05) is 13.7 Å². The Kier molecular flexibility index (Phi) is 4.37. The van der Waals surface area contributed by atoms with E-state index in [0.29, 0.717) is 11.6 Å². The number of halogens is 3. The van der Waals surface area contributed by atoms with Crippen LogP contribution in [0.15, 0.2) is 0 Å². The zero-order valence-electron chi connectivity index (χ0n) is 9.51. The van der Waals surface area contributed by atoms with Crippen LogP contribution in [0.25, 0.3) is 0 Å². The van der Waals surface area contributed by atoms with E-state index in [-0.39, 0.29) is 0 Å². The average molecular weight is 255 g/mol. The molecule has 1 aliphatic carbocycles. The molecule has 0 radical (unpaired) electrons. The van der Waals surface area contributed by atoms with Crippen LogP contribution in [-0.4, -0.2) is 42.5 Å². The van der Waals surface area contributed by atoms with Gasteiger partial charge in [0.05, 0.1) is 6.10 Å². The Balaban J connectivity index is 0.000000185. The molecule has 0 amide bonds. The number of carboxylic acids is 1. The quantitative estimate of drug-likeness (QED) is 0.786. The number of likely N-dealkylation sites (N-methyl/N-ethyl adjacent to an activating group) is 1. The Morgan fingerprint density at radius 2 is 2.00 bits per heavy atom. The summed E-state index contributed by atoms with van der Waals surface area (Å²) in [7, 11) is 2.05. The van der Waals surface area contributed by atoms with Crippen LogP contribution < -0.4 is 5.32 Å². The Bertz CT molecular complexity index is 270. The van der Waals surface area contributed by atoms with E-state index in [0.717, 1.165) is 6.61 Å². The van der Waals surface area contributed by atoms with Crippen molar-refractivity contribution in [2.24, 2.45) is 0 Å². The molecule has 1 atom stereocenters. The number of hydrogen-bond donors (Lipinski definition) is 2. The van der Waals surface area contributed by atoms with Gasteiger partial charge in [0.2, 0.25) is 0 Å². The zero-order valence-corrected chi connectivity index (χ0v) is 9.51. The summed E-state index contributed by atoms with van der Waals surface area (Å²) in [5.74, 6) is -2.76. The average Bonchev–Trinajstić information content (AvgIpc) is 2.84. The number of nitrogens with one attached hydrogen (secondary N) is 1. The maximum atomic E-state index is 10.6. The predicted octanol–water partition coefficient (Wildman–Crippen LogP) is 1.55. The monoisotopic (exact) mass is 255 g/mol. The molecule has 2 aliphatic rings. The summed E-state index contributed by atoms with van der Waals surface area (Å²) in [6.07, 6.45) is 0.592. The summed E-state index contributed by atoms with van der Waals surface area (Å²) < 4.78 is 37.3. The minimum absolute atomic E-state index is 0.399. The van der Waals surface area contributed by atoms with E-state index in [9.17, 15) is 13.2 Å². The van der Waals surface area contributed by atoms with Gasteiger partial charge < -0.3 is 15.2 Å². The van der Waals surface area contributed by atoms with Gasteiger partial charge in [-0.3, -0.25) is 0 Å². The van der Waals surface area contributed by atoms with Gasteiger partial charge in [-0.15, -0.1) is 0 Å². The molecule has 7 heteroatoms. The van der Waals surface area contributed by atoms with Gasteiger partial charge in [-0.25, -0.2) is 4.79 Å². The minimum atomic E-state index is -5.08. The summed E-state index contributed by atoms with van der Waals surface area (Å²) in [5, 5.41) is 10.5. The fraction of sp³-hybridized carbons (Fsp3) is 0.900. The predicted molar refractivity (Wildman–Crippen MR) is 53.7 cm³/mol. The third-order valence-electron chi connectivity index (χ3n) is 3.08. The minimum Gasteiger partial charge on any atom is -0.475 e. The summed E-state index contributed by atoms with van der Waals surface area (Å²) in [5.41, 5.74) is 0.399. The molecule has 1 aliphatic heterocycles. The molecule has 2 fully saturated rings. The third kappa shape index (κ3) is 3.85. The lowest BCUT2D eigenvalue weighted by Gasteiger charge is -2.20. The van der Waals surface area contributed by atoms with Crippen molar-refractivity contribution in [1.29, 1.82) is 0 Å². The van der Waals surface area contributed by atoms with Crippen LogP contribution in [0.1, 0.15) is 25.7 Å². The second-order valence-corrected chi connectivity index (χ2v) is 4.21. The highest BCUT2D eigenvalue weighted by atomic mass is 19.4. The van der Waals surface area contributed by atoms with Gasteiger partial charge in [-0.1, -0.05) is 0 Å². The molecule has 4 nitrogen and oxygen atoms in total. The van der Waals surface area contributed by atoms with Gasteiger partial charge in [0, 0.05) is 12.1 Å². The van der Waals surface area contributed by atoms with Crippen molar-refractivity contribution in [3.8, 4) is 0 Å². The lowest BCUT2D eigenvalue weighted by Crippen LogP contribution is -2.39. The van der Waals surface area contributed by atoms with Crippen LogP contribution in [0.3, 0.4) is 0 Å². The first-order chi connectivity index (χ1) is 7.82. The number of carboxylic acid groups (broad SMARTS) is 1. The molecule has 100 valence electrons. The maximum absolute atomic E-state index is 10.6. The van der Waals surface area contributed by atoms with E-state index in [2.05, 4.69) is 12.4 Å². The molecule has 1 saturated heterocycles. The van der Waals surface area contributed by atoms with Crippen LogP contribution in [0.2, 0.25) is 0 Å². The second-order valence-electron chi connectivity index (χ2n) is 4.21. The molecule has 1 unspecified atom stereocenters. The number of hydrogen-bond acceptors (Lipinski definition) is 3. The molecule has 1 heterocycles. The number of rotatable bonds is 2. The largest absolute Gasteiger partial charge is 0.490 e. The maximum Gasteiger partial charge on any atom is 0.490 e. The molecule has 2 N–H and O–H groups in total. The Morgan fingerprint density at radius 3 is 2.24 bits per heavy atom. The number of carbonyl (C=O) groups is 1. The topological polar surface area (TPSA) is 58.6 Å². The fourth-order valence-corrected chi connectivity index (χ4v) is 1.88. The number of aliphatic carboxylic acids is 1. The van der Waals surface area contributed by atoms with Gasteiger partial charge in [-0.2, -0.15) is 13.2 Å². The zero-order chi connectivity index (χ0) is 13.1. The first-order valence-corrected chi connectivity index (χ1v) is 5.42. The van der Waals surface area contributed by atoms with Gasteiger partial charge in [-0.05, 0) is 32.7 Å². The van der Waals surface area contributed by atoms with E-state index in [1.807, 2.05) is 0 Å². The van der Waals surface area contributed by atoms with Crippen molar-refractivity contribution in [2.45, 2.75) is 43.5 Å². The molecule has 17 heavy (non-hydrogen) atoms. The van der Waals surface area contributed by atoms with E-state index in [1.54, 1.807) is 0 Å². The summed E-state index contributed by atoms with van der Waals surface area (Å²) >= 11 is 0. The molecule has 0 aromatic rings. The highest BCUT2D eigenvalue weighted by molar-refractivity contribution is 5.73. The van der Waals surface area contributed by atoms with Gasteiger partial charge >= 0.3 is 12.1 Å². The van der Waals surface area contributed by atoms with Gasteiger partial charge in [0.15, 0.2) is 0 Å². The highest BCUT2D eigenvalue weighted by Crippen LogP contribution is 2.43. The van der Waals surface area contributed by atoms with Crippen LogP contribution in [0, 0.1) is 0 Å². The summed E-state index contributed by atoms with van der Waals surface area (Å²) in [4.78, 5) is 8.90. The molecule has 2 rings (SSSR count). The molecular formula is C10H16F3NO3. The first-order valence-electron chi connectivity index (χ1n) is 5.42. The van der Waals surface area contributed by atoms with Crippen molar-refractivity contribution in [3.63, 3.8) is 0 Å². The van der Waals surface area contributed by atoms with Crippen LogP contribution in [-0.2, 0) is 9.53 Å². The second kappa shape index (κ2) is 5.22. The van der Waals surface area contributed by atoms with E-state index in [4.69, 9.17) is 14.6 Å². The molecular weight excluding hydrogens is 239 g/mol.